The first-order valence-electron chi connectivity index (χ1n) is 3.76. The van der Waals surface area contributed by atoms with Crippen LogP contribution in [0.25, 0.3) is 0 Å². The van der Waals surface area contributed by atoms with Crippen LogP contribution >= 0.6 is 11.8 Å². The van der Waals surface area contributed by atoms with E-state index < -0.39 is 12.0 Å². The molecule has 0 spiro atoms. The fraction of sp³-hybridized carbons (Fsp3) is 0.429. The molecule has 6 heteroatoms. The highest BCUT2D eigenvalue weighted by Crippen LogP contribution is 2.32. The molecule has 0 bridgehead atoms. The normalized spacial score (nSPS) is 31.9. The number of hydrogen-bond acceptors (Lipinski definition) is 4. The second-order valence-corrected chi connectivity index (χ2v) is 3.85. The predicted molar refractivity (Wildman–Crippen MR) is 46.8 cm³/mol. The summed E-state index contributed by atoms with van der Waals surface area (Å²) in [5.74, 6) is -0.680. The van der Waals surface area contributed by atoms with Crippen molar-refractivity contribution in [3.8, 4) is 0 Å². The number of aliphatic carboxylic acids is 1. The van der Waals surface area contributed by atoms with Crippen LogP contribution in [0.2, 0.25) is 0 Å². The highest BCUT2D eigenvalue weighted by molar-refractivity contribution is 8.02. The van der Waals surface area contributed by atoms with Crippen molar-refractivity contribution in [3.05, 3.63) is 11.1 Å². The topological polar surface area (TPSA) is 83.6 Å². The molecule has 5 nitrogen and oxygen atoms in total. The number of carboxylic acids is 1. The van der Waals surface area contributed by atoms with E-state index in [9.17, 15) is 9.59 Å². The summed E-state index contributed by atoms with van der Waals surface area (Å²) in [6.07, 6.45) is 0. The van der Waals surface area contributed by atoms with Gasteiger partial charge in [-0.15, -0.1) is 11.8 Å². The average Bonchev–Trinajstić information content (AvgIpc) is 2.15. The van der Waals surface area contributed by atoms with Crippen LogP contribution in [0.15, 0.2) is 11.1 Å². The van der Waals surface area contributed by atoms with E-state index in [0.717, 1.165) is 0 Å². The van der Waals surface area contributed by atoms with Crippen molar-refractivity contribution in [2.45, 2.75) is 12.1 Å². The second kappa shape index (κ2) is 2.74. The summed E-state index contributed by atoms with van der Waals surface area (Å²) >= 11 is 1.38. The maximum atomic E-state index is 11.2. The summed E-state index contributed by atoms with van der Waals surface area (Å²) in [5, 5.41) is 10.2. The molecule has 13 heavy (non-hydrogen) atoms. The second-order valence-electron chi connectivity index (χ2n) is 2.94. The fourth-order valence-electron chi connectivity index (χ4n) is 1.48. The molecule has 0 aromatic carbocycles. The van der Waals surface area contributed by atoms with Crippen molar-refractivity contribution in [3.63, 3.8) is 0 Å². The van der Waals surface area contributed by atoms with Gasteiger partial charge in [-0.1, -0.05) is 0 Å². The molecule has 70 valence electrons. The monoisotopic (exact) mass is 200 g/mol. The lowest BCUT2D eigenvalue weighted by Gasteiger charge is -2.46. The van der Waals surface area contributed by atoms with Gasteiger partial charge in [-0.25, -0.2) is 4.79 Å². The molecule has 2 atom stereocenters. The Hall–Kier alpha value is -1.01. The third-order valence-electron chi connectivity index (χ3n) is 2.21. The number of β-lactam (4-membered cyclic amide) rings is 1. The minimum absolute atomic E-state index is 0.0490. The average molecular weight is 200 g/mol. The van der Waals surface area contributed by atoms with Crippen LogP contribution in [0.4, 0.5) is 0 Å². The molecule has 2 heterocycles. The van der Waals surface area contributed by atoms with Gasteiger partial charge >= 0.3 is 5.97 Å². The van der Waals surface area contributed by atoms with Crippen LogP contribution in [0, 0.1) is 0 Å². The third kappa shape index (κ3) is 1.06. The molecular formula is C7H8N2O3S. The minimum atomic E-state index is -1.07. The van der Waals surface area contributed by atoms with E-state index in [2.05, 4.69) is 0 Å². The number of carbonyl (C=O) groups excluding carboxylic acids is 1. The van der Waals surface area contributed by atoms with Crippen molar-refractivity contribution in [2.24, 2.45) is 5.73 Å². The van der Waals surface area contributed by atoms with Crippen molar-refractivity contribution < 1.29 is 14.7 Å². The molecule has 2 aliphatic heterocycles. The van der Waals surface area contributed by atoms with Gasteiger partial charge in [-0.3, -0.25) is 9.69 Å². The highest BCUT2D eigenvalue weighted by atomic mass is 32.2. The quantitative estimate of drug-likeness (QED) is 0.541. The van der Waals surface area contributed by atoms with Crippen LogP contribution in [-0.4, -0.2) is 39.7 Å². The Kier molecular flexibility index (Phi) is 1.81. The summed E-state index contributed by atoms with van der Waals surface area (Å²) in [7, 11) is 0. The number of nitrogens with zero attached hydrogens (tertiary/aromatic N) is 1. The number of carbonyl (C=O) groups is 2. The molecule has 0 aliphatic carbocycles. The third-order valence-corrected chi connectivity index (χ3v) is 3.13. The van der Waals surface area contributed by atoms with Gasteiger partial charge in [0, 0.05) is 11.2 Å². The number of amides is 1. The number of carboxylic acid groups (broad SMARTS) is 1. The Balaban J connectivity index is 2.27. The van der Waals surface area contributed by atoms with Gasteiger partial charge in [0.05, 0.1) is 6.04 Å². The molecule has 1 fully saturated rings. The first-order chi connectivity index (χ1) is 6.13. The van der Waals surface area contributed by atoms with Gasteiger partial charge in [0.1, 0.15) is 11.7 Å². The van der Waals surface area contributed by atoms with Crippen LogP contribution < -0.4 is 5.73 Å². The smallest absolute Gasteiger partial charge is 0.353 e. The zero-order chi connectivity index (χ0) is 9.59. The van der Waals surface area contributed by atoms with E-state index in [-0.39, 0.29) is 17.6 Å². The molecule has 1 amide bonds. The maximum Gasteiger partial charge on any atom is 0.353 e. The van der Waals surface area contributed by atoms with E-state index in [1.165, 1.54) is 22.1 Å². The first-order valence-corrected chi connectivity index (χ1v) is 4.81. The summed E-state index contributed by atoms with van der Waals surface area (Å²) in [6, 6.07) is -0.649. The summed E-state index contributed by atoms with van der Waals surface area (Å²) in [6.45, 7) is 0. The number of rotatable bonds is 1. The van der Waals surface area contributed by atoms with Gasteiger partial charge < -0.3 is 10.8 Å². The van der Waals surface area contributed by atoms with E-state index in [4.69, 9.17) is 10.8 Å². The fourth-order valence-corrected chi connectivity index (χ4v) is 2.50. The zero-order valence-corrected chi connectivity index (χ0v) is 7.45. The van der Waals surface area contributed by atoms with Crippen LogP contribution in [-0.2, 0) is 9.59 Å². The number of thioether (sulfide) groups is 1. The van der Waals surface area contributed by atoms with Crippen LogP contribution in [0.3, 0.4) is 0 Å². The van der Waals surface area contributed by atoms with Gasteiger partial charge in [0.2, 0.25) is 5.91 Å². The molecule has 0 radical (unpaired) electrons. The van der Waals surface area contributed by atoms with Gasteiger partial charge in [-0.05, 0) is 0 Å². The molecule has 3 N–H and O–H groups in total. The van der Waals surface area contributed by atoms with Crippen molar-refractivity contribution in [1.29, 1.82) is 0 Å². The van der Waals surface area contributed by atoms with E-state index in [0.29, 0.717) is 5.75 Å². The Labute approximate surface area is 78.6 Å². The molecular weight excluding hydrogens is 192 g/mol. The molecule has 2 unspecified atom stereocenters. The maximum absolute atomic E-state index is 11.2. The summed E-state index contributed by atoms with van der Waals surface area (Å²) < 4.78 is 0. The molecule has 0 aromatic heterocycles. The Bertz CT molecular complexity index is 315. The number of nitrogens with two attached hydrogens (primary N) is 1. The zero-order valence-electron chi connectivity index (χ0n) is 6.64. The van der Waals surface area contributed by atoms with Crippen molar-refractivity contribution in [2.75, 3.05) is 5.75 Å². The lowest BCUT2D eigenvalue weighted by molar-refractivity contribution is -0.150. The number of fused-ring (bicyclic) bond motifs is 1. The largest absolute Gasteiger partial charge is 0.477 e. The standard InChI is InChI=1S/C7H8N2O3S/c8-5-3-1-13-2-4(7(11)12)9(3)6(5)10/h2-3,5H,1,8H2,(H,11,12). The molecule has 1 saturated heterocycles. The first kappa shape index (κ1) is 8.58. The van der Waals surface area contributed by atoms with Crippen LogP contribution in [0.1, 0.15) is 0 Å². The SMILES string of the molecule is NC1C(=O)N2C(C(=O)O)=CSCC12. The van der Waals surface area contributed by atoms with Crippen molar-refractivity contribution >= 4 is 23.6 Å². The Morgan fingerprint density at radius 3 is 3.08 bits per heavy atom. The highest BCUT2D eigenvalue weighted by Gasteiger charge is 2.49. The molecule has 2 aliphatic rings. The van der Waals surface area contributed by atoms with E-state index >= 15 is 0 Å². The molecule has 0 aromatic rings. The lowest BCUT2D eigenvalue weighted by Crippen LogP contribution is -2.70. The van der Waals surface area contributed by atoms with Gasteiger partial charge in [-0.2, -0.15) is 0 Å². The van der Waals surface area contributed by atoms with Crippen molar-refractivity contribution in [1.82, 2.24) is 4.90 Å². The van der Waals surface area contributed by atoms with E-state index in [1.807, 2.05) is 0 Å². The minimum Gasteiger partial charge on any atom is -0.477 e. The summed E-state index contributed by atoms with van der Waals surface area (Å²) in [4.78, 5) is 23.1. The lowest BCUT2D eigenvalue weighted by atomic mass is 9.96. The van der Waals surface area contributed by atoms with Gasteiger partial charge in [0.25, 0.3) is 0 Å². The Morgan fingerprint density at radius 1 is 1.77 bits per heavy atom. The summed E-state index contributed by atoms with van der Waals surface area (Å²) in [5.41, 5.74) is 5.56. The number of hydrogen-bond donors (Lipinski definition) is 2. The predicted octanol–water partition coefficient (Wildman–Crippen LogP) is -0.803. The molecule has 0 saturated carbocycles. The molecule has 2 rings (SSSR count). The Morgan fingerprint density at radius 2 is 2.46 bits per heavy atom. The van der Waals surface area contributed by atoms with Gasteiger partial charge in [0.15, 0.2) is 0 Å². The van der Waals surface area contributed by atoms with E-state index in [1.54, 1.807) is 0 Å². The van der Waals surface area contributed by atoms with Crippen LogP contribution in [0.5, 0.6) is 0 Å².